The molecule has 1 atom stereocenters. The maximum atomic E-state index is 4.90. The second-order valence-electron chi connectivity index (χ2n) is 18.0. The maximum absolute atomic E-state index is 4.90. The van der Waals surface area contributed by atoms with Gasteiger partial charge in [-0.2, -0.15) is 0 Å². The number of hydrogen-bond acceptors (Lipinski definition) is 4. The molecule has 0 amide bonds. The fourth-order valence-corrected chi connectivity index (χ4v) is 9.30. The molecule has 0 saturated heterocycles. The maximum Gasteiger partial charge on any atom is 0.159 e. The fourth-order valence-electron chi connectivity index (χ4n) is 9.30. The first-order valence-corrected chi connectivity index (χ1v) is 20.1. The van der Waals surface area contributed by atoms with Gasteiger partial charge in [-0.05, 0) is 96.5 Å². The minimum Gasteiger partial charge on any atom is -0.236 e. The van der Waals surface area contributed by atoms with Gasteiger partial charge in [0, 0.05) is 47.1 Å². The van der Waals surface area contributed by atoms with Gasteiger partial charge in [0.1, 0.15) is 0 Å². The molecule has 57 heavy (non-hydrogen) atoms. The van der Waals surface area contributed by atoms with Crippen LogP contribution in [0.2, 0.25) is 0 Å². The van der Waals surface area contributed by atoms with Crippen LogP contribution in [0.4, 0.5) is 0 Å². The number of fused-ring (bicyclic) bond motifs is 10. The Hall–Kier alpha value is -6.26. The molecule has 4 nitrogen and oxygen atoms in total. The van der Waals surface area contributed by atoms with Crippen molar-refractivity contribution in [2.75, 3.05) is 0 Å². The highest BCUT2D eigenvalue weighted by Gasteiger charge is 2.51. The molecule has 4 heteroatoms. The molecule has 1 unspecified atom stereocenters. The quantitative estimate of drug-likeness (QED) is 0.180. The summed E-state index contributed by atoms with van der Waals surface area (Å²) in [4.78, 5) is 19.6. The SMILES string of the molecule is CC(C)(C)c1ccc(-c2ncc(-c3ccc4c(c3)C3(c5ccccc5-c5ccccc53)c3cc(-c5cnc(C6=CCC(C(C)(C)C)C=C6)nc5)ccc3-4)cn2)cc1. The van der Waals surface area contributed by atoms with E-state index in [4.69, 9.17) is 19.9 Å². The van der Waals surface area contributed by atoms with E-state index >= 15 is 0 Å². The molecule has 3 aliphatic carbocycles. The molecule has 5 aromatic carbocycles. The normalized spacial score (nSPS) is 16.2. The van der Waals surface area contributed by atoms with Crippen molar-refractivity contribution in [1.29, 1.82) is 0 Å². The summed E-state index contributed by atoms with van der Waals surface area (Å²) in [5.41, 5.74) is 17.7. The van der Waals surface area contributed by atoms with E-state index in [1.165, 1.54) is 50.1 Å². The zero-order valence-electron chi connectivity index (χ0n) is 33.5. The molecule has 2 aromatic heterocycles. The number of allylic oxidation sites excluding steroid dienone is 4. The Labute approximate surface area is 336 Å². The highest BCUT2D eigenvalue weighted by molar-refractivity contribution is 5.96. The summed E-state index contributed by atoms with van der Waals surface area (Å²) in [5.74, 6) is 2.02. The molecule has 0 aliphatic heterocycles. The van der Waals surface area contributed by atoms with E-state index in [1.54, 1.807) is 0 Å². The zero-order chi connectivity index (χ0) is 39.1. The molecule has 3 aliphatic rings. The Balaban J connectivity index is 1.06. The van der Waals surface area contributed by atoms with E-state index in [2.05, 4.69) is 169 Å². The summed E-state index contributed by atoms with van der Waals surface area (Å²) in [6.45, 7) is 13.6. The molecule has 0 fully saturated rings. The summed E-state index contributed by atoms with van der Waals surface area (Å²) in [7, 11) is 0. The topological polar surface area (TPSA) is 51.6 Å². The van der Waals surface area contributed by atoms with Gasteiger partial charge in [0.25, 0.3) is 0 Å². The van der Waals surface area contributed by atoms with Gasteiger partial charge >= 0.3 is 0 Å². The first-order valence-electron chi connectivity index (χ1n) is 20.1. The molecule has 0 radical (unpaired) electrons. The molecule has 1 spiro atoms. The summed E-state index contributed by atoms with van der Waals surface area (Å²) < 4.78 is 0. The molecule has 278 valence electrons. The predicted molar refractivity (Wildman–Crippen MR) is 234 cm³/mol. The van der Waals surface area contributed by atoms with Crippen molar-refractivity contribution < 1.29 is 0 Å². The molecular weight excluding hydrogens is 693 g/mol. The van der Waals surface area contributed by atoms with Gasteiger partial charge in [-0.25, -0.2) is 19.9 Å². The third-order valence-corrected chi connectivity index (χ3v) is 12.5. The lowest BCUT2D eigenvalue weighted by Gasteiger charge is -2.31. The molecule has 0 saturated carbocycles. The van der Waals surface area contributed by atoms with Gasteiger partial charge < -0.3 is 0 Å². The van der Waals surface area contributed by atoms with Crippen LogP contribution in [0.3, 0.4) is 0 Å². The zero-order valence-corrected chi connectivity index (χ0v) is 33.5. The van der Waals surface area contributed by atoms with Crippen molar-refractivity contribution in [1.82, 2.24) is 19.9 Å². The highest BCUT2D eigenvalue weighted by atomic mass is 14.9. The number of nitrogens with zero attached hydrogens (tertiary/aromatic N) is 4. The second kappa shape index (κ2) is 12.9. The van der Waals surface area contributed by atoms with Crippen LogP contribution in [0.15, 0.2) is 152 Å². The summed E-state index contributed by atoms with van der Waals surface area (Å²) in [6.07, 6.45) is 15.7. The average molecular weight is 739 g/mol. The van der Waals surface area contributed by atoms with Gasteiger partial charge in [-0.15, -0.1) is 0 Å². The van der Waals surface area contributed by atoms with Crippen LogP contribution in [0.5, 0.6) is 0 Å². The lowest BCUT2D eigenvalue weighted by molar-refractivity contribution is 0.294. The highest BCUT2D eigenvalue weighted by Crippen LogP contribution is 2.63. The first-order chi connectivity index (χ1) is 27.5. The summed E-state index contributed by atoms with van der Waals surface area (Å²) >= 11 is 0. The monoisotopic (exact) mass is 738 g/mol. The molecule has 2 heterocycles. The first kappa shape index (κ1) is 35.2. The van der Waals surface area contributed by atoms with Crippen LogP contribution < -0.4 is 0 Å². The standard InChI is InChI=1S/C53H46N4/c1-51(2,3)39-21-15-33(16-22-39)49-54-29-37(30-55-49)35-19-25-43-44-26-20-36(38-31-56-50(57-32-38)34-17-23-40(24-18-34)52(4,5)6)28-48(44)53(47(43)27-35)45-13-9-7-11-41(45)42-12-8-10-14-46(42)53/h7-23,25-32,40H,24H2,1-6H3. The predicted octanol–water partition coefficient (Wildman–Crippen LogP) is 12.9. The van der Waals surface area contributed by atoms with Crippen molar-refractivity contribution in [3.8, 4) is 55.9 Å². The second-order valence-corrected chi connectivity index (χ2v) is 18.0. The third-order valence-electron chi connectivity index (χ3n) is 12.5. The van der Waals surface area contributed by atoms with Crippen LogP contribution >= 0.6 is 0 Å². The fraction of sp³-hybridized carbons (Fsp3) is 0.208. The Kier molecular flexibility index (Phi) is 7.96. The molecule has 0 bridgehead atoms. The van der Waals surface area contributed by atoms with E-state index in [1.807, 2.05) is 24.8 Å². The minimum atomic E-state index is -0.498. The van der Waals surface area contributed by atoms with Crippen molar-refractivity contribution in [2.45, 2.75) is 58.8 Å². The van der Waals surface area contributed by atoms with Gasteiger partial charge in [-0.1, -0.05) is 157 Å². The Morgan fingerprint density at radius 1 is 0.491 bits per heavy atom. The lowest BCUT2D eigenvalue weighted by atomic mass is 9.70. The van der Waals surface area contributed by atoms with E-state index in [0.29, 0.717) is 5.92 Å². The molecule has 0 N–H and O–H groups in total. The van der Waals surface area contributed by atoms with Crippen LogP contribution in [0.1, 0.15) is 81.6 Å². The number of aromatic nitrogens is 4. The summed E-state index contributed by atoms with van der Waals surface area (Å²) in [6, 6.07) is 40.4. The van der Waals surface area contributed by atoms with Gasteiger partial charge in [0.15, 0.2) is 11.6 Å². The average Bonchev–Trinajstić information content (AvgIpc) is 3.70. The van der Waals surface area contributed by atoms with Crippen LogP contribution in [0, 0.1) is 11.3 Å². The van der Waals surface area contributed by atoms with Crippen molar-refractivity contribution >= 4 is 5.57 Å². The van der Waals surface area contributed by atoms with Gasteiger partial charge in [-0.3, -0.25) is 0 Å². The smallest absolute Gasteiger partial charge is 0.159 e. The van der Waals surface area contributed by atoms with Crippen molar-refractivity contribution in [3.63, 3.8) is 0 Å². The number of hydrogen-bond donors (Lipinski definition) is 0. The minimum absolute atomic E-state index is 0.0943. The van der Waals surface area contributed by atoms with Crippen LogP contribution in [-0.2, 0) is 10.8 Å². The molecule has 7 aromatic rings. The third kappa shape index (κ3) is 5.64. The largest absolute Gasteiger partial charge is 0.236 e. The Morgan fingerprint density at radius 3 is 1.44 bits per heavy atom. The van der Waals surface area contributed by atoms with Gasteiger partial charge in [0.05, 0.1) is 5.41 Å². The Bertz CT molecular complexity index is 2710. The van der Waals surface area contributed by atoms with E-state index < -0.39 is 5.41 Å². The van der Waals surface area contributed by atoms with E-state index in [-0.39, 0.29) is 10.8 Å². The Morgan fingerprint density at radius 2 is 0.965 bits per heavy atom. The van der Waals surface area contributed by atoms with E-state index in [9.17, 15) is 0 Å². The summed E-state index contributed by atoms with van der Waals surface area (Å²) in [5, 5.41) is 0. The number of benzene rings is 5. The van der Waals surface area contributed by atoms with Crippen molar-refractivity contribution in [2.24, 2.45) is 11.3 Å². The van der Waals surface area contributed by atoms with Crippen LogP contribution in [-0.4, -0.2) is 19.9 Å². The number of rotatable bonds is 4. The molecule has 10 rings (SSSR count). The van der Waals surface area contributed by atoms with Crippen LogP contribution in [0.25, 0.3) is 61.5 Å². The lowest BCUT2D eigenvalue weighted by Crippen LogP contribution is -2.26. The van der Waals surface area contributed by atoms with E-state index in [0.717, 1.165) is 51.5 Å². The van der Waals surface area contributed by atoms with Gasteiger partial charge in [0.2, 0.25) is 0 Å². The van der Waals surface area contributed by atoms with Crippen molar-refractivity contribution in [3.05, 3.63) is 186 Å². The molecular formula is C53H46N4.